The van der Waals surface area contributed by atoms with Crippen molar-refractivity contribution < 1.29 is 22.3 Å². The lowest BCUT2D eigenvalue weighted by molar-refractivity contribution is 0.0299. The molecule has 3 aromatic rings. The third-order valence-corrected chi connectivity index (χ3v) is 7.34. The van der Waals surface area contributed by atoms with E-state index in [2.05, 4.69) is 9.71 Å². The number of carbonyl (C=O) groups is 1. The molecule has 3 heterocycles. The van der Waals surface area contributed by atoms with Crippen molar-refractivity contribution in [1.29, 1.82) is 0 Å². The molecule has 166 valence electrons. The van der Waals surface area contributed by atoms with Crippen LogP contribution >= 0.6 is 0 Å². The zero-order valence-electron chi connectivity index (χ0n) is 17.3. The van der Waals surface area contributed by atoms with E-state index in [1.165, 1.54) is 29.6 Å². The number of nitrogens with zero attached hydrogens (tertiary/aromatic N) is 3. The smallest absolute Gasteiger partial charge is 0.302 e. The molecule has 1 atom stereocenters. The SMILES string of the molecule is CN1C(c2ccc(F)c(C(=O)N3CCOCC3)c2)c2ccc3cccnc3c2NS1(=O)=O. The number of carbonyl (C=O) groups excluding carboxylic acids is 1. The summed E-state index contributed by atoms with van der Waals surface area (Å²) in [4.78, 5) is 18.9. The average Bonchev–Trinajstić information content (AvgIpc) is 2.80. The van der Waals surface area contributed by atoms with Gasteiger partial charge in [-0.05, 0) is 23.8 Å². The van der Waals surface area contributed by atoms with Gasteiger partial charge in [-0.25, -0.2) is 4.39 Å². The minimum absolute atomic E-state index is 0.0887. The highest BCUT2D eigenvalue weighted by Crippen LogP contribution is 2.42. The first-order valence-corrected chi connectivity index (χ1v) is 11.6. The molecule has 8 nitrogen and oxygen atoms in total. The molecule has 1 saturated heterocycles. The van der Waals surface area contributed by atoms with Gasteiger partial charge >= 0.3 is 10.2 Å². The zero-order valence-corrected chi connectivity index (χ0v) is 18.1. The number of hydrogen-bond donors (Lipinski definition) is 1. The van der Waals surface area contributed by atoms with E-state index in [4.69, 9.17) is 4.74 Å². The molecule has 1 unspecified atom stereocenters. The van der Waals surface area contributed by atoms with E-state index in [-0.39, 0.29) is 5.56 Å². The molecular formula is C22H21FN4O4S. The normalized spacial score (nSPS) is 20.6. The molecule has 10 heteroatoms. The average molecular weight is 456 g/mol. The van der Waals surface area contributed by atoms with Crippen LogP contribution in [0.3, 0.4) is 0 Å². The van der Waals surface area contributed by atoms with Crippen LogP contribution in [0.15, 0.2) is 48.7 Å². The first-order valence-electron chi connectivity index (χ1n) is 10.2. The van der Waals surface area contributed by atoms with Gasteiger partial charge < -0.3 is 9.64 Å². The molecule has 2 aromatic carbocycles. The summed E-state index contributed by atoms with van der Waals surface area (Å²) in [6, 6.07) is 10.7. The van der Waals surface area contributed by atoms with Crippen LogP contribution in [0.25, 0.3) is 10.9 Å². The summed E-state index contributed by atoms with van der Waals surface area (Å²) in [6.45, 7) is 1.56. The van der Waals surface area contributed by atoms with Crippen LogP contribution in [0.4, 0.5) is 10.1 Å². The lowest BCUT2D eigenvalue weighted by Gasteiger charge is -2.35. The summed E-state index contributed by atoms with van der Waals surface area (Å²) in [5.41, 5.74) is 1.99. The van der Waals surface area contributed by atoms with Gasteiger partial charge in [0, 0.05) is 37.3 Å². The van der Waals surface area contributed by atoms with Crippen molar-refractivity contribution in [3.63, 3.8) is 0 Å². The van der Waals surface area contributed by atoms with E-state index >= 15 is 0 Å². The van der Waals surface area contributed by atoms with Crippen LogP contribution in [-0.4, -0.2) is 61.9 Å². The lowest BCUT2D eigenvalue weighted by atomic mass is 9.94. The minimum atomic E-state index is -3.89. The number of aromatic nitrogens is 1. The van der Waals surface area contributed by atoms with Crippen LogP contribution < -0.4 is 4.72 Å². The highest BCUT2D eigenvalue weighted by Gasteiger charge is 2.37. The Morgan fingerprint density at radius 3 is 2.75 bits per heavy atom. The van der Waals surface area contributed by atoms with Gasteiger partial charge in [0.25, 0.3) is 5.91 Å². The molecule has 0 radical (unpaired) electrons. The van der Waals surface area contributed by atoms with E-state index in [9.17, 15) is 17.6 Å². The number of hydrogen-bond acceptors (Lipinski definition) is 5. The number of morpholine rings is 1. The Bertz CT molecular complexity index is 1320. The van der Waals surface area contributed by atoms with Crippen molar-refractivity contribution >= 4 is 32.7 Å². The molecule has 1 amide bonds. The number of pyridine rings is 1. The number of fused-ring (bicyclic) bond motifs is 3. The largest absolute Gasteiger partial charge is 0.378 e. The maximum Gasteiger partial charge on any atom is 0.302 e. The quantitative estimate of drug-likeness (QED) is 0.640. The minimum Gasteiger partial charge on any atom is -0.378 e. The molecule has 2 aliphatic rings. The summed E-state index contributed by atoms with van der Waals surface area (Å²) in [6.07, 6.45) is 1.60. The van der Waals surface area contributed by atoms with Crippen molar-refractivity contribution in [3.8, 4) is 0 Å². The third kappa shape index (κ3) is 3.40. The Balaban J connectivity index is 1.65. The molecule has 0 spiro atoms. The number of anilines is 1. The second-order valence-corrected chi connectivity index (χ2v) is 9.50. The Kier molecular flexibility index (Phi) is 5.07. The van der Waals surface area contributed by atoms with Crippen LogP contribution in [0, 0.1) is 5.82 Å². The fourth-order valence-corrected chi connectivity index (χ4v) is 5.36. The van der Waals surface area contributed by atoms with Gasteiger partial charge in [0.15, 0.2) is 0 Å². The molecule has 32 heavy (non-hydrogen) atoms. The van der Waals surface area contributed by atoms with Gasteiger partial charge in [-0.1, -0.05) is 24.3 Å². The first kappa shape index (κ1) is 20.8. The van der Waals surface area contributed by atoms with E-state index in [0.29, 0.717) is 48.6 Å². The number of rotatable bonds is 2. The van der Waals surface area contributed by atoms with E-state index in [0.717, 1.165) is 5.39 Å². The predicted octanol–water partition coefficient (Wildman–Crippen LogP) is 2.54. The molecule has 5 rings (SSSR count). The maximum atomic E-state index is 14.7. The molecule has 1 aromatic heterocycles. The van der Waals surface area contributed by atoms with Gasteiger partial charge in [0.1, 0.15) is 5.82 Å². The van der Waals surface area contributed by atoms with Crippen molar-refractivity contribution in [2.75, 3.05) is 38.1 Å². The molecular weight excluding hydrogens is 435 g/mol. The number of ether oxygens (including phenoxy) is 1. The third-order valence-electron chi connectivity index (χ3n) is 5.91. The second-order valence-electron chi connectivity index (χ2n) is 7.77. The van der Waals surface area contributed by atoms with Gasteiger partial charge in [0.05, 0.1) is 36.0 Å². The summed E-state index contributed by atoms with van der Waals surface area (Å²) in [7, 11) is -2.44. The Hall–Kier alpha value is -3.08. The summed E-state index contributed by atoms with van der Waals surface area (Å²) in [5.74, 6) is -1.09. The lowest BCUT2D eigenvalue weighted by Crippen LogP contribution is -2.42. The number of amides is 1. The van der Waals surface area contributed by atoms with E-state index in [1.54, 1.807) is 17.2 Å². The monoisotopic (exact) mass is 456 g/mol. The topological polar surface area (TPSA) is 91.8 Å². The first-order chi connectivity index (χ1) is 15.4. The van der Waals surface area contributed by atoms with E-state index < -0.39 is 28.0 Å². The maximum absolute atomic E-state index is 14.7. The number of halogens is 1. The van der Waals surface area contributed by atoms with Crippen LogP contribution in [-0.2, 0) is 14.9 Å². The summed E-state index contributed by atoms with van der Waals surface area (Å²) in [5, 5.41) is 0.791. The molecule has 1 N–H and O–H groups in total. The standard InChI is InChI=1S/C22H21FN4O4S/c1-26-21(15-5-7-18(23)17(13-15)22(28)27-9-11-31-12-10-27)16-6-4-14-3-2-8-24-19(14)20(16)25-32(26,29)30/h2-8,13,21,25H,9-12H2,1H3. The second kappa shape index (κ2) is 7.80. The van der Waals surface area contributed by atoms with Gasteiger partial charge in [0.2, 0.25) is 0 Å². The molecule has 0 bridgehead atoms. The van der Waals surface area contributed by atoms with Gasteiger partial charge in [-0.2, -0.15) is 12.7 Å². The van der Waals surface area contributed by atoms with Crippen LogP contribution in [0.5, 0.6) is 0 Å². The summed E-state index contributed by atoms with van der Waals surface area (Å²) >= 11 is 0. The van der Waals surface area contributed by atoms with Crippen LogP contribution in [0.1, 0.15) is 27.5 Å². The zero-order chi connectivity index (χ0) is 22.5. The Morgan fingerprint density at radius 2 is 1.97 bits per heavy atom. The van der Waals surface area contributed by atoms with Crippen molar-refractivity contribution in [2.24, 2.45) is 0 Å². The highest BCUT2D eigenvalue weighted by molar-refractivity contribution is 7.90. The molecule has 0 saturated carbocycles. The fraction of sp³-hybridized carbons (Fsp3) is 0.273. The molecule has 0 aliphatic carbocycles. The Morgan fingerprint density at radius 1 is 1.19 bits per heavy atom. The highest BCUT2D eigenvalue weighted by atomic mass is 32.2. The van der Waals surface area contributed by atoms with Gasteiger partial charge in [-0.15, -0.1) is 0 Å². The van der Waals surface area contributed by atoms with Gasteiger partial charge in [-0.3, -0.25) is 14.5 Å². The number of benzene rings is 2. The van der Waals surface area contributed by atoms with Crippen molar-refractivity contribution in [1.82, 2.24) is 14.2 Å². The molecule has 2 aliphatic heterocycles. The van der Waals surface area contributed by atoms with Crippen molar-refractivity contribution in [2.45, 2.75) is 6.04 Å². The summed E-state index contributed by atoms with van der Waals surface area (Å²) < 4.78 is 49.6. The van der Waals surface area contributed by atoms with Crippen molar-refractivity contribution in [3.05, 3.63) is 71.2 Å². The predicted molar refractivity (Wildman–Crippen MR) is 117 cm³/mol. The van der Waals surface area contributed by atoms with Crippen LogP contribution in [0.2, 0.25) is 0 Å². The number of nitrogens with one attached hydrogen (secondary N) is 1. The van der Waals surface area contributed by atoms with E-state index in [1.807, 2.05) is 18.2 Å². The molecule has 1 fully saturated rings. The Labute approximate surface area is 184 Å². The fourth-order valence-electron chi connectivity index (χ4n) is 4.23.